The zero-order valence-corrected chi connectivity index (χ0v) is 19.1. The highest BCUT2D eigenvalue weighted by atomic mass is 16.3. The Kier molecular flexibility index (Phi) is 7.13. The zero-order valence-electron chi connectivity index (χ0n) is 19.1. The van der Waals surface area contributed by atoms with E-state index in [4.69, 9.17) is 4.42 Å². The lowest BCUT2D eigenvalue weighted by atomic mass is 10.0. The molecule has 0 saturated heterocycles. The van der Waals surface area contributed by atoms with Gasteiger partial charge in [0.2, 0.25) is 0 Å². The Morgan fingerprint density at radius 1 is 0.941 bits per heavy atom. The number of hydrogen-bond donors (Lipinski definition) is 1. The number of carbonyl (C=O) groups is 2. The number of furan rings is 1. The monoisotopic (exact) mass is 454 g/mol. The van der Waals surface area contributed by atoms with E-state index in [1.807, 2.05) is 54.6 Å². The first-order valence-electron chi connectivity index (χ1n) is 11.1. The second-order valence-electron chi connectivity index (χ2n) is 8.18. The number of anilines is 1. The van der Waals surface area contributed by atoms with E-state index in [1.165, 1.54) is 35.3 Å². The first-order valence-corrected chi connectivity index (χ1v) is 11.1. The molecular formula is C27H26N4O3. The minimum atomic E-state index is -0.925. The van der Waals surface area contributed by atoms with E-state index < -0.39 is 11.9 Å². The Labute approximate surface area is 198 Å². The summed E-state index contributed by atoms with van der Waals surface area (Å²) in [6.45, 7) is 4.31. The predicted molar refractivity (Wildman–Crippen MR) is 129 cm³/mol. The molecule has 172 valence electrons. The van der Waals surface area contributed by atoms with Gasteiger partial charge in [0.1, 0.15) is 17.5 Å². The smallest absolute Gasteiger partial charge is 0.275 e. The lowest BCUT2D eigenvalue weighted by Crippen LogP contribution is -2.41. The van der Waals surface area contributed by atoms with Crippen LogP contribution in [-0.4, -0.2) is 26.7 Å². The highest BCUT2D eigenvalue weighted by molar-refractivity contribution is 6.00. The SMILES string of the molecule is CC(C)c1ccc(NC(=O)[C@@H](c2ccccc2)N(Cc2ccco2)C(=O)c2cnccn2)cc1. The maximum absolute atomic E-state index is 13.7. The van der Waals surface area contributed by atoms with E-state index in [0.29, 0.717) is 22.9 Å². The molecule has 0 aliphatic heterocycles. The number of rotatable bonds is 8. The van der Waals surface area contributed by atoms with Gasteiger partial charge in [-0.25, -0.2) is 4.98 Å². The van der Waals surface area contributed by atoms with Gasteiger partial charge < -0.3 is 14.6 Å². The molecule has 0 fully saturated rings. The number of benzene rings is 2. The molecule has 0 spiro atoms. The van der Waals surface area contributed by atoms with Gasteiger partial charge in [0.15, 0.2) is 0 Å². The number of hydrogen-bond acceptors (Lipinski definition) is 5. The van der Waals surface area contributed by atoms with Gasteiger partial charge in [0.25, 0.3) is 11.8 Å². The van der Waals surface area contributed by atoms with Crippen LogP contribution in [-0.2, 0) is 11.3 Å². The van der Waals surface area contributed by atoms with Crippen LogP contribution in [0.15, 0.2) is 96.0 Å². The van der Waals surface area contributed by atoms with Crippen LogP contribution < -0.4 is 5.32 Å². The summed E-state index contributed by atoms with van der Waals surface area (Å²) >= 11 is 0. The highest BCUT2D eigenvalue weighted by Crippen LogP contribution is 2.27. The third-order valence-electron chi connectivity index (χ3n) is 5.47. The largest absolute Gasteiger partial charge is 0.467 e. The van der Waals surface area contributed by atoms with Gasteiger partial charge in [-0.1, -0.05) is 56.3 Å². The van der Waals surface area contributed by atoms with Gasteiger partial charge in [-0.2, -0.15) is 0 Å². The summed E-state index contributed by atoms with van der Waals surface area (Å²) in [7, 11) is 0. The first kappa shape index (κ1) is 22.9. The van der Waals surface area contributed by atoms with Crippen LogP contribution in [0.1, 0.15) is 53.2 Å². The Balaban J connectivity index is 1.71. The van der Waals surface area contributed by atoms with Crippen LogP contribution >= 0.6 is 0 Å². The third kappa shape index (κ3) is 5.38. The molecule has 1 N–H and O–H groups in total. The Hall–Kier alpha value is -4.26. The lowest BCUT2D eigenvalue weighted by molar-refractivity contribution is -0.121. The van der Waals surface area contributed by atoms with E-state index in [9.17, 15) is 9.59 Å². The Bertz CT molecular complexity index is 1210. The molecule has 0 unspecified atom stereocenters. The van der Waals surface area contributed by atoms with Crippen molar-refractivity contribution in [1.29, 1.82) is 0 Å². The van der Waals surface area contributed by atoms with E-state index in [1.54, 1.807) is 12.1 Å². The van der Waals surface area contributed by atoms with Crippen LogP contribution in [0.25, 0.3) is 0 Å². The molecule has 0 radical (unpaired) electrons. The van der Waals surface area contributed by atoms with Gasteiger partial charge in [-0.3, -0.25) is 14.6 Å². The summed E-state index contributed by atoms with van der Waals surface area (Å²) < 4.78 is 5.51. The number of amides is 2. The van der Waals surface area contributed by atoms with Gasteiger partial charge in [-0.15, -0.1) is 0 Å². The van der Waals surface area contributed by atoms with Crippen molar-refractivity contribution in [3.63, 3.8) is 0 Å². The molecule has 0 aliphatic rings. The van der Waals surface area contributed by atoms with Crippen molar-refractivity contribution >= 4 is 17.5 Å². The molecule has 4 aromatic rings. The molecule has 2 amide bonds. The van der Waals surface area contributed by atoms with E-state index in [0.717, 1.165) is 0 Å². The van der Waals surface area contributed by atoms with Crippen LogP contribution in [0.2, 0.25) is 0 Å². The zero-order chi connectivity index (χ0) is 23.9. The van der Waals surface area contributed by atoms with E-state index in [2.05, 4.69) is 29.1 Å². The molecule has 0 saturated carbocycles. The van der Waals surface area contributed by atoms with E-state index in [-0.39, 0.29) is 18.1 Å². The second-order valence-corrected chi connectivity index (χ2v) is 8.18. The fraction of sp³-hybridized carbons (Fsp3) is 0.185. The third-order valence-corrected chi connectivity index (χ3v) is 5.47. The average molecular weight is 455 g/mol. The van der Waals surface area contributed by atoms with Gasteiger partial charge in [0.05, 0.1) is 19.0 Å². The van der Waals surface area contributed by atoms with Crippen molar-refractivity contribution in [1.82, 2.24) is 14.9 Å². The standard InChI is InChI=1S/C27H26N4O3/c1-19(2)20-10-12-22(13-11-20)30-26(32)25(21-7-4-3-5-8-21)31(18-23-9-6-16-34-23)27(33)24-17-28-14-15-29-24/h3-17,19,25H,18H2,1-2H3,(H,30,32)/t25-/m1/s1. The van der Waals surface area contributed by atoms with Crippen LogP contribution in [0, 0.1) is 0 Å². The molecule has 0 aliphatic carbocycles. The number of carbonyl (C=O) groups excluding carboxylic acids is 2. The molecule has 0 bridgehead atoms. The highest BCUT2D eigenvalue weighted by Gasteiger charge is 2.33. The van der Waals surface area contributed by atoms with Crippen LogP contribution in [0.3, 0.4) is 0 Å². The summed E-state index contributed by atoms with van der Waals surface area (Å²) in [5.74, 6) is 0.165. The van der Waals surface area contributed by atoms with Gasteiger partial charge in [0, 0.05) is 18.1 Å². The molecule has 1 atom stereocenters. The molecule has 2 aromatic carbocycles. The summed E-state index contributed by atoms with van der Waals surface area (Å²) in [4.78, 5) is 36.9. The van der Waals surface area contributed by atoms with Crippen LogP contribution in [0.4, 0.5) is 5.69 Å². The van der Waals surface area contributed by atoms with Gasteiger partial charge >= 0.3 is 0 Å². The van der Waals surface area contributed by atoms with Crippen LogP contribution in [0.5, 0.6) is 0 Å². The molecule has 7 nitrogen and oxygen atoms in total. The molecule has 7 heteroatoms. The predicted octanol–water partition coefficient (Wildman–Crippen LogP) is 5.22. The fourth-order valence-electron chi connectivity index (χ4n) is 3.68. The molecule has 4 rings (SSSR count). The Morgan fingerprint density at radius 3 is 2.32 bits per heavy atom. The minimum absolute atomic E-state index is 0.0850. The van der Waals surface area contributed by atoms with Crippen molar-refractivity contribution in [2.24, 2.45) is 0 Å². The van der Waals surface area contributed by atoms with Crippen molar-refractivity contribution in [3.05, 3.63) is 114 Å². The fourth-order valence-corrected chi connectivity index (χ4v) is 3.68. The molecular weight excluding hydrogens is 428 g/mol. The summed E-state index contributed by atoms with van der Waals surface area (Å²) in [6, 6.07) is 19.5. The normalized spacial score (nSPS) is 11.7. The number of aromatic nitrogens is 2. The summed E-state index contributed by atoms with van der Waals surface area (Å²) in [5.41, 5.74) is 2.64. The van der Waals surface area contributed by atoms with Crippen molar-refractivity contribution in [2.75, 3.05) is 5.32 Å². The van der Waals surface area contributed by atoms with Crippen molar-refractivity contribution in [2.45, 2.75) is 32.4 Å². The van der Waals surface area contributed by atoms with Crippen molar-refractivity contribution < 1.29 is 14.0 Å². The lowest BCUT2D eigenvalue weighted by Gasteiger charge is -2.30. The maximum atomic E-state index is 13.7. The quantitative estimate of drug-likeness (QED) is 0.395. The Morgan fingerprint density at radius 2 is 1.71 bits per heavy atom. The average Bonchev–Trinajstić information content (AvgIpc) is 3.38. The van der Waals surface area contributed by atoms with Crippen molar-refractivity contribution in [3.8, 4) is 0 Å². The summed E-state index contributed by atoms with van der Waals surface area (Å²) in [6.07, 6.45) is 5.87. The molecule has 34 heavy (non-hydrogen) atoms. The van der Waals surface area contributed by atoms with E-state index >= 15 is 0 Å². The first-order chi connectivity index (χ1) is 16.5. The maximum Gasteiger partial charge on any atom is 0.275 e. The minimum Gasteiger partial charge on any atom is -0.467 e. The number of nitrogens with one attached hydrogen (secondary N) is 1. The topological polar surface area (TPSA) is 88.3 Å². The van der Waals surface area contributed by atoms with Gasteiger partial charge in [-0.05, 0) is 41.3 Å². The molecule has 2 heterocycles. The number of nitrogens with zero attached hydrogens (tertiary/aromatic N) is 3. The second kappa shape index (κ2) is 10.6. The summed E-state index contributed by atoms with van der Waals surface area (Å²) in [5, 5.41) is 2.97. The molecule has 2 aromatic heterocycles.